The first-order chi connectivity index (χ1) is 10.7. The Balaban J connectivity index is 1.74. The van der Waals surface area contributed by atoms with E-state index in [1.165, 1.54) is 37.7 Å². The standard InChI is InChI=1S/C19H23NO2/c21-20(22)8-4-7-19(16-5-2-1-3-6-16)17-10-14-9-15(12-17)13-18(19)11-14/h1-6,8,14-15,17-18H,7,9-13H2. The van der Waals surface area contributed by atoms with Gasteiger partial charge in [0, 0.05) is 5.41 Å². The molecule has 0 N–H and O–H groups in total. The lowest BCUT2D eigenvalue weighted by Crippen LogP contribution is -2.55. The van der Waals surface area contributed by atoms with Crippen LogP contribution in [-0.2, 0) is 5.41 Å². The third kappa shape index (κ3) is 2.10. The molecule has 5 rings (SSSR count). The van der Waals surface area contributed by atoms with Crippen LogP contribution < -0.4 is 0 Å². The zero-order valence-corrected chi connectivity index (χ0v) is 12.9. The minimum absolute atomic E-state index is 0.140. The van der Waals surface area contributed by atoms with Crippen LogP contribution in [0.3, 0.4) is 0 Å². The van der Waals surface area contributed by atoms with E-state index in [0.29, 0.717) is 11.8 Å². The average Bonchev–Trinajstić information content (AvgIpc) is 2.50. The molecule has 0 saturated heterocycles. The maximum atomic E-state index is 10.7. The van der Waals surface area contributed by atoms with Crippen molar-refractivity contribution in [2.45, 2.75) is 43.9 Å². The number of hydrogen-bond acceptors (Lipinski definition) is 2. The topological polar surface area (TPSA) is 43.1 Å². The molecule has 0 heterocycles. The van der Waals surface area contributed by atoms with E-state index in [4.69, 9.17) is 0 Å². The molecule has 4 saturated carbocycles. The maximum absolute atomic E-state index is 10.7. The Kier molecular flexibility index (Phi) is 3.32. The molecule has 1 aromatic rings. The molecule has 1 aromatic carbocycles. The minimum atomic E-state index is -0.325. The zero-order chi connectivity index (χ0) is 15.2. The summed E-state index contributed by atoms with van der Waals surface area (Å²) in [5.41, 5.74) is 1.55. The fourth-order valence-corrected chi connectivity index (χ4v) is 6.03. The van der Waals surface area contributed by atoms with Crippen molar-refractivity contribution in [1.29, 1.82) is 0 Å². The van der Waals surface area contributed by atoms with Gasteiger partial charge in [-0.25, -0.2) is 0 Å². The van der Waals surface area contributed by atoms with Crippen molar-refractivity contribution in [3.8, 4) is 0 Å². The quantitative estimate of drug-likeness (QED) is 0.604. The van der Waals surface area contributed by atoms with E-state index in [9.17, 15) is 10.1 Å². The third-order valence-electron chi connectivity index (χ3n) is 6.59. The summed E-state index contributed by atoms with van der Waals surface area (Å²) in [5, 5.41) is 10.7. The van der Waals surface area contributed by atoms with Gasteiger partial charge in [-0.2, -0.15) is 0 Å². The molecular formula is C19H23NO2. The second-order valence-electron chi connectivity index (χ2n) is 7.59. The van der Waals surface area contributed by atoms with E-state index < -0.39 is 0 Å². The molecule has 4 aliphatic carbocycles. The molecule has 116 valence electrons. The smallest absolute Gasteiger partial charge is 0.230 e. The number of allylic oxidation sites excluding steroid dienone is 1. The molecule has 22 heavy (non-hydrogen) atoms. The maximum Gasteiger partial charge on any atom is 0.230 e. The second-order valence-corrected chi connectivity index (χ2v) is 7.59. The fourth-order valence-electron chi connectivity index (χ4n) is 6.03. The summed E-state index contributed by atoms with van der Waals surface area (Å²) in [6.07, 6.45) is 10.5. The molecule has 3 nitrogen and oxygen atoms in total. The van der Waals surface area contributed by atoms with Gasteiger partial charge in [0.05, 0.1) is 4.92 Å². The van der Waals surface area contributed by atoms with Crippen LogP contribution in [0.4, 0.5) is 0 Å². The predicted molar refractivity (Wildman–Crippen MR) is 85.9 cm³/mol. The number of rotatable bonds is 4. The Bertz CT molecular complexity index is 565. The third-order valence-corrected chi connectivity index (χ3v) is 6.59. The number of hydrogen-bond donors (Lipinski definition) is 0. The van der Waals surface area contributed by atoms with E-state index in [2.05, 4.69) is 30.3 Å². The van der Waals surface area contributed by atoms with Crippen molar-refractivity contribution in [3.63, 3.8) is 0 Å². The Morgan fingerprint density at radius 2 is 1.64 bits per heavy atom. The molecule has 0 amide bonds. The second kappa shape index (κ2) is 5.22. The highest BCUT2D eigenvalue weighted by molar-refractivity contribution is 5.32. The van der Waals surface area contributed by atoms with Crippen molar-refractivity contribution >= 4 is 0 Å². The monoisotopic (exact) mass is 297 g/mol. The first-order valence-corrected chi connectivity index (χ1v) is 8.54. The van der Waals surface area contributed by atoms with Gasteiger partial charge in [0.2, 0.25) is 6.20 Å². The van der Waals surface area contributed by atoms with Crippen LogP contribution in [-0.4, -0.2) is 4.92 Å². The minimum Gasteiger partial charge on any atom is -0.259 e. The molecule has 4 fully saturated rings. The molecule has 0 atom stereocenters. The summed E-state index contributed by atoms with van der Waals surface area (Å²) in [6, 6.07) is 10.8. The van der Waals surface area contributed by atoms with Gasteiger partial charge in [0.15, 0.2) is 0 Å². The van der Waals surface area contributed by atoms with E-state index in [-0.39, 0.29) is 10.3 Å². The lowest BCUT2D eigenvalue weighted by atomic mass is 9.43. The molecule has 3 heteroatoms. The van der Waals surface area contributed by atoms with E-state index in [0.717, 1.165) is 24.5 Å². The van der Waals surface area contributed by atoms with Crippen molar-refractivity contribution in [1.82, 2.24) is 0 Å². The molecule has 0 aromatic heterocycles. The van der Waals surface area contributed by atoms with Crippen LogP contribution in [0.2, 0.25) is 0 Å². The summed E-state index contributed by atoms with van der Waals surface area (Å²) >= 11 is 0. The molecule has 0 radical (unpaired) electrons. The fraction of sp³-hybridized carbons (Fsp3) is 0.579. The highest BCUT2D eigenvalue weighted by Gasteiger charge is 2.57. The largest absolute Gasteiger partial charge is 0.259 e. The van der Waals surface area contributed by atoms with E-state index in [1.54, 1.807) is 0 Å². The summed E-state index contributed by atoms with van der Waals surface area (Å²) in [5.74, 6) is 3.25. The normalized spacial score (nSPS) is 39.5. The molecule has 0 unspecified atom stereocenters. The lowest BCUT2D eigenvalue weighted by Gasteiger charge is -2.61. The molecule has 0 spiro atoms. The number of benzene rings is 1. The summed E-state index contributed by atoms with van der Waals surface area (Å²) in [6.45, 7) is 0. The van der Waals surface area contributed by atoms with Crippen molar-refractivity contribution in [2.24, 2.45) is 23.7 Å². The van der Waals surface area contributed by atoms with Gasteiger partial charge in [-0.3, -0.25) is 10.1 Å². The highest BCUT2D eigenvalue weighted by atomic mass is 16.6. The van der Waals surface area contributed by atoms with Gasteiger partial charge in [-0.05, 0) is 73.8 Å². The summed E-state index contributed by atoms with van der Waals surface area (Å²) < 4.78 is 0. The molecule has 0 aliphatic heterocycles. The van der Waals surface area contributed by atoms with Crippen molar-refractivity contribution < 1.29 is 4.92 Å². The van der Waals surface area contributed by atoms with Gasteiger partial charge < -0.3 is 0 Å². The van der Waals surface area contributed by atoms with Crippen LogP contribution in [0.5, 0.6) is 0 Å². The molecular weight excluding hydrogens is 274 g/mol. The van der Waals surface area contributed by atoms with Gasteiger partial charge in [-0.15, -0.1) is 0 Å². The van der Waals surface area contributed by atoms with Crippen LogP contribution in [0.15, 0.2) is 42.6 Å². The van der Waals surface area contributed by atoms with Crippen LogP contribution >= 0.6 is 0 Å². The number of nitro groups is 1. The Labute approximate surface area is 131 Å². The van der Waals surface area contributed by atoms with Gasteiger partial charge >= 0.3 is 0 Å². The first kappa shape index (κ1) is 14.0. The van der Waals surface area contributed by atoms with Crippen LogP contribution in [0.1, 0.15) is 44.1 Å². The Morgan fingerprint density at radius 1 is 1.05 bits per heavy atom. The first-order valence-electron chi connectivity index (χ1n) is 8.54. The highest BCUT2D eigenvalue weighted by Crippen LogP contribution is 2.64. The van der Waals surface area contributed by atoms with Gasteiger partial charge in [0.25, 0.3) is 0 Å². The van der Waals surface area contributed by atoms with Crippen molar-refractivity contribution in [2.75, 3.05) is 0 Å². The van der Waals surface area contributed by atoms with Gasteiger partial charge in [-0.1, -0.05) is 30.3 Å². The summed E-state index contributed by atoms with van der Waals surface area (Å²) in [4.78, 5) is 10.4. The van der Waals surface area contributed by atoms with Gasteiger partial charge in [0.1, 0.15) is 0 Å². The SMILES string of the molecule is O=[N+]([O-])C=CCC1(c2ccccc2)C2CC3CC(C2)CC1C3. The predicted octanol–water partition coefficient (Wildman–Crippen LogP) is 4.56. The average molecular weight is 297 g/mol. The van der Waals surface area contributed by atoms with Crippen molar-refractivity contribution in [3.05, 3.63) is 58.3 Å². The van der Waals surface area contributed by atoms with E-state index in [1.807, 2.05) is 6.08 Å². The van der Waals surface area contributed by atoms with Crippen LogP contribution in [0, 0.1) is 33.8 Å². The van der Waals surface area contributed by atoms with E-state index >= 15 is 0 Å². The summed E-state index contributed by atoms with van der Waals surface area (Å²) in [7, 11) is 0. The van der Waals surface area contributed by atoms with Crippen LogP contribution in [0.25, 0.3) is 0 Å². The lowest BCUT2D eigenvalue weighted by molar-refractivity contribution is -0.402. The molecule has 4 aliphatic rings. The number of nitrogens with zero attached hydrogens (tertiary/aromatic N) is 1. The zero-order valence-electron chi connectivity index (χ0n) is 12.9. The Hall–Kier alpha value is -1.64. The Morgan fingerprint density at radius 3 is 2.18 bits per heavy atom. The molecule has 4 bridgehead atoms.